The van der Waals surface area contributed by atoms with Gasteiger partial charge >= 0.3 is 0 Å². The maximum absolute atomic E-state index is 8.35. The number of allylic oxidation sites excluding steroid dienone is 1. The van der Waals surface area contributed by atoms with Gasteiger partial charge in [0.2, 0.25) is 0 Å². The zero-order valence-corrected chi connectivity index (χ0v) is 10.4. The maximum Gasteiger partial charge on any atom is 0.0913 e. The Balaban J connectivity index is 2.73. The number of likely N-dealkylation sites (N-methyl/N-ethyl adjacent to an activating group) is 1. The molecule has 8 heteroatoms. The molecule has 0 saturated carbocycles. The number of hydrogen-bond acceptors (Lipinski definition) is 5. The summed E-state index contributed by atoms with van der Waals surface area (Å²) in [6.45, 7) is 5.86. The summed E-state index contributed by atoms with van der Waals surface area (Å²) in [6, 6.07) is -0.322. The van der Waals surface area contributed by atoms with E-state index in [1.807, 2.05) is 7.05 Å². The van der Waals surface area contributed by atoms with Crippen molar-refractivity contribution in [1.29, 1.82) is 0 Å². The van der Waals surface area contributed by atoms with Crippen LogP contribution in [0.15, 0.2) is 36.0 Å². The van der Waals surface area contributed by atoms with Gasteiger partial charge in [-0.05, 0) is 11.7 Å². The molecule has 0 spiro atoms. The van der Waals surface area contributed by atoms with Crippen LogP contribution in [0.4, 0.5) is 0 Å². The lowest BCUT2D eigenvalue weighted by Crippen LogP contribution is -2.15. The van der Waals surface area contributed by atoms with Gasteiger partial charge in [-0.15, -0.1) is 5.10 Å². The molecule has 1 heterocycles. The van der Waals surface area contributed by atoms with Crippen LogP contribution in [0, 0.1) is 0 Å². The Kier molecular flexibility index (Phi) is 5.27. The highest BCUT2D eigenvalue weighted by Gasteiger charge is 2.08. The van der Waals surface area contributed by atoms with Gasteiger partial charge < -0.3 is 10.6 Å². The van der Waals surface area contributed by atoms with Crippen LogP contribution in [0.5, 0.6) is 0 Å². The van der Waals surface area contributed by atoms with Crippen molar-refractivity contribution in [2.75, 3.05) is 7.05 Å². The summed E-state index contributed by atoms with van der Waals surface area (Å²) in [4.78, 5) is 2.74. The summed E-state index contributed by atoms with van der Waals surface area (Å²) in [6.07, 6.45) is 5.11. The Bertz CT molecular complexity index is 468. The van der Waals surface area contributed by atoms with Crippen molar-refractivity contribution in [3.05, 3.63) is 47.0 Å². The second-order valence-electron chi connectivity index (χ2n) is 3.51. The molecule has 96 valence electrons. The number of nitrogens with one attached hydrogen (secondary N) is 2. The first-order valence-electron chi connectivity index (χ1n) is 5.39. The van der Waals surface area contributed by atoms with E-state index in [0.29, 0.717) is 12.2 Å². The fourth-order valence-electron chi connectivity index (χ4n) is 1.25. The summed E-state index contributed by atoms with van der Waals surface area (Å²) in [5.41, 5.74) is 9.91. The Morgan fingerprint density at radius 2 is 2.56 bits per heavy atom. The molecule has 0 aliphatic carbocycles. The number of hydrogen-bond donors (Lipinski definition) is 2. The molecule has 1 aromatic rings. The summed E-state index contributed by atoms with van der Waals surface area (Å²) >= 11 is 0. The molecule has 0 bridgehead atoms. The Labute approximate surface area is 105 Å². The van der Waals surface area contributed by atoms with Crippen LogP contribution >= 0.6 is 0 Å². The predicted octanol–water partition coefficient (Wildman–Crippen LogP) is 1.44. The molecule has 0 amide bonds. The van der Waals surface area contributed by atoms with Crippen LogP contribution in [0.2, 0.25) is 0 Å². The molecule has 0 aliphatic heterocycles. The van der Waals surface area contributed by atoms with Gasteiger partial charge in [0.1, 0.15) is 0 Å². The van der Waals surface area contributed by atoms with E-state index < -0.39 is 0 Å². The third-order valence-corrected chi connectivity index (χ3v) is 2.24. The van der Waals surface area contributed by atoms with Gasteiger partial charge in [-0.25, -0.2) is 4.68 Å². The van der Waals surface area contributed by atoms with Crippen molar-refractivity contribution >= 4 is 0 Å². The van der Waals surface area contributed by atoms with Gasteiger partial charge in [-0.1, -0.05) is 23.8 Å². The molecule has 0 aliphatic rings. The van der Waals surface area contributed by atoms with Gasteiger partial charge in [-0.2, -0.15) is 0 Å². The zero-order valence-electron chi connectivity index (χ0n) is 10.4. The molecule has 0 fully saturated rings. The molecule has 18 heavy (non-hydrogen) atoms. The molecule has 0 radical (unpaired) electrons. The van der Waals surface area contributed by atoms with Crippen LogP contribution in [-0.4, -0.2) is 22.0 Å². The van der Waals surface area contributed by atoms with Gasteiger partial charge in [0.25, 0.3) is 0 Å². The van der Waals surface area contributed by atoms with E-state index in [2.05, 4.69) is 37.6 Å². The van der Waals surface area contributed by atoms with E-state index in [0.717, 1.165) is 5.70 Å². The average Bonchev–Trinajstić information content (AvgIpc) is 2.83. The SMILES string of the molecule is C=CN/C=C(/Cn1cc(C(C)N=[N+]=[N-])nn1)NC. The fraction of sp³-hybridized carbons (Fsp3) is 0.400. The van der Waals surface area contributed by atoms with E-state index in [1.54, 1.807) is 30.2 Å². The lowest BCUT2D eigenvalue weighted by Gasteiger charge is -2.06. The van der Waals surface area contributed by atoms with Crippen molar-refractivity contribution in [1.82, 2.24) is 25.6 Å². The molecular weight excluding hydrogens is 232 g/mol. The molecule has 1 rings (SSSR count). The Hall–Kier alpha value is -2.47. The van der Waals surface area contributed by atoms with E-state index in [4.69, 9.17) is 5.53 Å². The summed E-state index contributed by atoms with van der Waals surface area (Å²) in [7, 11) is 1.82. The van der Waals surface area contributed by atoms with Crippen molar-refractivity contribution in [2.24, 2.45) is 5.11 Å². The molecule has 1 atom stereocenters. The highest BCUT2D eigenvalue weighted by molar-refractivity contribution is 5.03. The molecule has 0 aromatic carbocycles. The Morgan fingerprint density at radius 3 is 3.17 bits per heavy atom. The first-order valence-corrected chi connectivity index (χ1v) is 5.39. The zero-order chi connectivity index (χ0) is 13.4. The first kappa shape index (κ1) is 13.6. The number of aromatic nitrogens is 3. The first-order chi connectivity index (χ1) is 8.71. The highest BCUT2D eigenvalue weighted by atomic mass is 15.4. The lowest BCUT2D eigenvalue weighted by atomic mass is 10.3. The van der Waals surface area contributed by atoms with E-state index >= 15 is 0 Å². The predicted molar refractivity (Wildman–Crippen MR) is 68.1 cm³/mol. The van der Waals surface area contributed by atoms with Crippen molar-refractivity contribution in [3.63, 3.8) is 0 Å². The standard InChI is InChI=1S/C10H16N8/c1-4-13-5-9(12-3)6-18-7-10(15-17-18)8(2)14-16-11/h4-5,7-8,12-13H,1,6H2,2-3H3/b9-5-. The van der Waals surface area contributed by atoms with Crippen LogP contribution in [-0.2, 0) is 6.54 Å². The number of azide groups is 1. The molecule has 2 N–H and O–H groups in total. The summed E-state index contributed by atoms with van der Waals surface area (Å²) in [5, 5.41) is 17.4. The van der Waals surface area contributed by atoms with Gasteiger partial charge in [0.05, 0.1) is 18.3 Å². The van der Waals surface area contributed by atoms with E-state index in [9.17, 15) is 0 Å². The van der Waals surface area contributed by atoms with Crippen LogP contribution in [0.1, 0.15) is 18.7 Å². The van der Waals surface area contributed by atoms with Gasteiger partial charge in [0.15, 0.2) is 0 Å². The number of nitrogens with zero attached hydrogens (tertiary/aromatic N) is 6. The maximum atomic E-state index is 8.35. The van der Waals surface area contributed by atoms with E-state index in [1.165, 1.54) is 0 Å². The van der Waals surface area contributed by atoms with E-state index in [-0.39, 0.29) is 6.04 Å². The van der Waals surface area contributed by atoms with Gasteiger partial charge in [0, 0.05) is 30.1 Å². The monoisotopic (exact) mass is 248 g/mol. The largest absolute Gasteiger partial charge is 0.389 e. The fourth-order valence-corrected chi connectivity index (χ4v) is 1.25. The lowest BCUT2D eigenvalue weighted by molar-refractivity contribution is 0.615. The smallest absolute Gasteiger partial charge is 0.0913 e. The highest BCUT2D eigenvalue weighted by Crippen LogP contribution is 2.12. The van der Waals surface area contributed by atoms with Crippen molar-refractivity contribution in [2.45, 2.75) is 19.5 Å². The summed E-state index contributed by atoms with van der Waals surface area (Å²) < 4.78 is 1.66. The van der Waals surface area contributed by atoms with Crippen molar-refractivity contribution in [3.8, 4) is 0 Å². The van der Waals surface area contributed by atoms with Crippen LogP contribution in [0.25, 0.3) is 10.4 Å². The van der Waals surface area contributed by atoms with Gasteiger partial charge in [-0.3, -0.25) is 0 Å². The normalized spacial score (nSPS) is 12.4. The van der Waals surface area contributed by atoms with Crippen LogP contribution in [0.3, 0.4) is 0 Å². The average molecular weight is 248 g/mol. The second kappa shape index (κ2) is 6.97. The second-order valence-corrected chi connectivity index (χ2v) is 3.51. The topological polar surface area (TPSA) is 104 Å². The third kappa shape index (κ3) is 3.84. The summed E-state index contributed by atoms with van der Waals surface area (Å²) in [5.74, 6) is 0. The minimum Gasteiger partial charge on any atom is -0.389 e. The molecule has 0 saturated heterocycles. The van der Waals surface area contributed by atoms with Crippen LogP contribution < -0.4 is 10.6 Å². The molecule has 1 aromatic heterocycles. The minimum atomic E-state index is -0.322. The molecular formula is C10H16N8. The molecule has 8 nitrogen and oxygen atoms in total. The minimum absolute atomic E-state index is 0.322. The third-order valence-electron chi connectivity index (χ3n) is 2.24. The number of rotatable bonds is 7. The Morgan fingerprint density at radius 1 is 1.78 bits per heavy atom. The quantitative estimate of drug-likeness (QED) is 0.433. The van der Waals surface area contributed by atoms with Crippen molar-refractivity contribution < 1.29 is 0 Å². The molecule has 1 unspecified atom stereocenters.